The maximum atomic E-state index is 14.0. The van der Waals surface area contributed by atoms with E-state index in [0.717, 1.165) is 11.1 Å². The summed E-state index contributed by atoms with van der Waals surface area (Å²) in [7, 11) is 0. The molecule has 3 aromatic rings. The summed E-state index contributed by atoms with van der Waals surface area (Å²) in [5, 5.41) is 6.24. The summed E-state index contributed by atoms with van der Waals surface area (Å²) in [5.74, 6) is -1.20. The Bertz CT molecular complexity index is 1010. The van der Waals surface area contributed by atoms with Gasteiger partial charge in [-0.1, -0.05) is 42.5 Å². The second-order valence-electron chi connectivity index (χ2n) is 8.02. The summed E-state index contributed by atoms with van der Waals surface area (Å²) >= 11 is 0. The number of rotatable bonds is 8. The van der Waals surface area contributed by atoms with E-state index in [1.54, 1.807) is 12.4 Å². The molecular weight excluding hydrogens is 410 g/mol. The molecule has 1 fully saturated rings. The van der Waals surface area contributed by atoms with Gasteiger partial charge in [-0.05, 0) is 35.7 Å². The third-order valence-electron chi connectivity index (χ3n) is 5.75. The number of likely N-dealkylation sites (tertiary alicyclic amines) is 1. The van der Waals surface area contributed by atoms with Crippen LogP contribution in [0.15, 0.2) is 73.1 Å². The number of carbonyl (C=O) groups is 1. The smallest absolute Gasteiger partial charge is 0.237 e. The molecule has 2 heterocycles. The number of pyridine rings is 1. The first-order valence-electron chi connectivity index (χ1n) is 10.7. The second kappa shape index (κ2) is 10.4. The Balaban J connectivity index is 1.43. The fourth-order valence-corrected chi connectivity index (χ4v) is 4.07. The van der Waals surface area contributed by atoms with Gasteiger partial charge in [-0.2, -0.15) is 0 Å². The molecule has 2 N–H and O–H groups in total. The van der Waals surface area contributed by atoms with Gasteiger partial charge in [0.2, 0.25) is 5.91 Å². The van der Waals surface area contributed by atoms with E-state index < -0.39 is 11.6 Å². The molecule has 1 amide bonds. The normalized spacial score (nSPS) is 18.6. The number of hydrogen-bond donors (Lipinski definition) is 2. The number of benzene rings is 2. The van der Waals surface area contributed by atoms with Crippen molar-refractivity contribution in [3.8, 4) is 0 Å². The highest BCUT2D eigenvalue weighted by atomic mass is 19.1. The van der Waals surface area contributed by atoms with E-state index in [0.29, 0.717) is 26.1 Å². The molecule has 166 valence electrons. The average Bonchev–Trinajstić information content (AvgIpc) is 3.21. The topological polar surface area (TPSA) is 57.3 Å². The number of aromatic nitrogens is 1. The lowest BCUT2D eigenvalue weighted by molar-refractivity contribution is -0.125. The fraction of sp³-hybridized carbons (Fsp3) is 0.280. The molecule has 0 bridgehead atoms. The molecule has 1 saturated heterocycles. The lowest BCUT2D eigenvalue weighted by Gasteiger charge is -2.23. The van der Waals surface area contributed by atoms with Crippen LogP contribution in [0.2, 0.25) is 0 Å². The number of carbonyl (C=O) groups excluding carboxylic acids is 1. The largest absolute Gasteiger partial charge is 0.351 e. The zero-order valence-corrected chi connectivity index (χ0v) is 17.7. The van der Waals surface area contributed by atoms with Gasteiger partial charge in [0.1, 0.15) is 11.6 Å². The predicted octanol–water partition coefficient (Wildman–Crippen LogP) is 3.41. The van der Waals surface area contributed by atoms with Gasteiger partial charge in [-0.25, -0.2) is 8.78 Å². The minimum atomic E-state index is -0.567. The summed E-state index contributed by atoms with van der Waals surface area (Å²) in [6.45, 7) is 1.71. The Morgan fingerprint density at radius 2 is 1.72 bits per heavy atom. The molecule has 7 heteroatoms. The molecule has 1 aliphatic heterocycles. The van der Waals surface area contributed by atoms with E-state index >= 15 is 0 Å². The predicted molar refractivity (Wildman–Crippen MR) is 118 cm³/mol. The summed E-state index contributed by atoms with van der Waals surface area (Å²) < 4.78 is 28.0. The molecular formula is C25H26F2N4O. The summed E-state index contributed by atoms with van der Waals surface area (Å²) in [4.78, 5) is 19.2. The van der Waals surface area contributed by atoms with Gasteiger partial charge in [0.25, 0.3) is 0 Å². The molecule has 5 nitrogen and oxygen atoms in total. The average molecular weight is 437 g/mol. The molecule has 0 aliphatic carbocycles. The van der Waals surface area contributed by atoms with Crippen LogP contribution in [-0.2, 0) is 24.4 Å². The monoisotopic (exact) mass is 436 g/mol. The standard InChI is InChI=1S/C25H26F2N4O/c26-22-9-4-10-23(27)21(22)15-29-20-12-24(25(32)30-14-19-8-5-11-28-13-19)31(17-20)16-18-6-2-1-3-7-18/h1-11,13,20,24,29H,12,14-17H2,(H,30,32)/t20-,24-/m0/s1. The van der Waals surface area contributed by atoms with Crippen LogP contribution in [0.5, 0.6) is 0 Å². The van der Waals surface area contributed by atoms with Crippen LogP contribution in [0.3, 0.4) is 0 Å². The molecule has 2 atom stereocenters. The van der Waals surface area contributed by atoms with Crippen molar-refractivity contribution in [2.75, 3.05) is 6.54 Å². The SMILES string of the molecule is O=C(NCc1cccnc1)[C@@H]1C[C@H](NCc2c(F)cccc2F)CN1Cc1ccccc1. The number of amides is 1. The molecule has 0 unspecified atom stereocenters. The van der Waals surface area contributed by atoms with Crippen molar-refractivity contribution in [3.05, 3.63) is 101 Å². The molecule has 0 spiro atoms. The fourth-order valence-electron chi connectivity index (χ4n) is 4.07. The zero-order valence-electron chi connectivity index (χ0n) is 17.7. The van der Waals surface area contributed by atoms with Crippen molar-refractivity contribution >= 4 is 5.91 Å². The van der Waals surface area contributed by atoms with Crippen molar-refractivity contribution in [2.45, 2.75) is 38.1 Å². The van der Waals surface area contributed by atoms with E-state index in [2.05, 4.69) is 20.5 Å². The first-order chi connectivity index (χ1) is 15.6. The highest BCUT2D eigenvalue weighted by Crippen LogP contribution is 2.22. The van der Waals surface area contributed by atoms with Crippen molar-refractivity contribution < 1.29 is 13.6 Å². The van der Waals surface area contributed by atoms with Crippen molar-refractivity contribution in [2.24, 2.45) is 0 Å². The third kappa shape index (κ3) is 5.55. The number of nitrogens with zero attached hydrogens (tertiary/aromatic N) is 2. The van der Waals surface area contributed by atoms with Gasteiger partial charge < -0.3 is 10.6 Å². The van der Waals surface area contributed by atoms with E-state index in [-0.39, 0.29) is 30.1 Å². The van der Waals surface area contributed by atoms with Crippen LogP contribution in [0.4, 0.5) is 8.78 Å². The van der Waals surface area contributed by atoms with Crippen LogP contribution < -0.4 is 10.6 Å². The highest BCUT2D eigenvalue weighted by Gasteiger charge is 2.36. The van der Waals surface area contributed by atoms with Gasteiger partial charge in [-0.3, -0.25) is 14.7 Å². The van der Waals surface area contributed by atoms with Crippen LogP contribution in [-0.4, -0.2) is 34.4 Å². The molecule has 4 rings (SSSR count). The van der Waals surface area contributed by atoms with E-state index in [1.807, 2.05) is 42.5 Å². The molecule has 1 aliphatic rings. The van der Waals surface area contributed by atoms with Crippen LogP contribution in [0, 0.1) is 11.6 Å². The summed E-state index contributed by atoms with van der Waals surface area (Å²) in [6.07, 6.45) is 3.98. The Hall–Kier alpha value is -3.16. The van der Waals surface area contributed by atoms with Crippen molar-refractivity contribution in [1.29, 1.82) is 0 Å². The Kier molecular flexibility index (Phi) is 7.19. The molecule has 32 heavy (non-hydrogen) atoms. The zero-order chi connectivity index (χ0) is 22.3. The molecule has 2 aromatic carbocycles. The maximum absolute atomic E-state index is 14.0. The van der Waals surface area contributed by atoms with Crippen LogP contribution in [0.1, 0.15) is 23.1 Å². The van der Waals surface area contributed by atoms with Crippen LogP contribution >= 0.6 is 0 Å². The second-order valence-corrected chi connectivity index (χ2v) is 8.02. The minimum absolute atomic E-state index is 0.0200. The maximum Gasteiger partial charge on any atom is 0.237 e. The molecule has 0 saturated carbocycles. The van der Waals surface area contributed by atoms with E-state index in [1.165, 1.54) is 18.2 Å². The molecule has 0 radical (unpaired) electrons. The van der Waals surface area contributed by atoms with Gasteiger partial charge in [0, 0.05) is 50.2 Å². The van der Waals surface area contributed by atoms with Crippen LogP contribution in [0.25, 0.3) is 0 Å². The van der Waals surface area contributed by atoms with Gasteiger partial charge in [-0.15, -0.1) is 0 Å². The van der Waals surface area contributed by atoms with Crippen molar-refractivity contribution in [3.63, 3.8) is 0 Å². The summed E-state index contributed by atoms with van der Waals surface area (Å²) in [6, 6.07) is 17.2. The van der Waals surface area contributed by atoms with E-state index in [9.17, 15) is 13.6 Å². The number of halogens is 2. The van der Waals surface area contributed by atoms with Gasteiger partial charge in [0.15, 0.2) is 0 Å². The number of nitrogens with one attached hydrogen (secondary N) is 2. The first kappa shape index (κ1) is 22.0. The highest BCUT2D eigenvalue weighted by molar-refractivity contribution is 5.82. The third-order valence-corrected chi connectivity index (χ3v) is 5.75. The Labute approximate surface area is 186 Å². The lowest BCUT2D eigenvalue weighted by atomic mass is 10.1. The number of hydrogen-bond acceptors (Lipinski definition) is 4. The quantitative estimate of drug-likeness (QED) is 0.568. The minimum Gasteiger partial charge on any atom is -0.351 e. The summed E-state index contributed by atoms with van der Waals surface area (Å²) in [5.41, 5.74) is 2.06. The van der Waals surface area contributed by atoms with Gasteiger partial charge >= 0.3 is 0 Å². The van der Waals surface area contributed by atoms with E-state index in [4.69, 9.17) is 0 Å². The Morgan fingerprint density at radius 1 is 0.969 bits per heavy atom. The first-order valence-corrected chi connectivity index (χ1v) is 10.7. The Morgan fingerprint density at radius 3 is 2.44 bits per heavy atom. The molecule has 1 aromatic heterocycles. The van der Waals surface area contributed by atoms with Gasteiger partial charge in [0.05, 0.1) is 6.04 Å². The lowest BCUT2D eigenvalue weighted by Crippen LogP contribution is -2.42. The van der Waals surface area contributed by atoms with Crippen molar-refractivity contribution in [1.82, 2.24) is 20.5 Å².